The van der Waals surface area contributed by atoms with Gasteiger partial charge in [-0.2, -0.15) is 5.10 Å². The van der Waals surface area contributed by atoms with Crippen LogP contribution in [0.4, 0.5) is 0 Å². The van der Waals surface area contributed by atoms with Crippen molar-refractivity contribution in [2.24, 2.45) is 5.10 Å². The molecule has 0 aromatic heterocycles. The van der Waals surface area contributed by atoms with Crippen LogP contribution in [0, 0.1) is 0 Å². The van der Waals surface area contributed by atoms with E-state index in [-0.39, 0.29) is 12.3 Å². The van der Waals surface area contributed by atoms with Crippen LogP contribution in [0.2, 0.25) is 0 Å². The van der Waals surface area contributed by atoms with Crippen molar-refractivity contribution in [1.82, 2.24) is 5.43 Å². The van der Waals surface area contributed by atoms with Gasteiger partial charge in [0.05, 0.1) is 24.8 Å². The second kappa shape index (κ2) is 11.6. The Morgan fingerprint density at radius 3 is 2.34 bits per heavy atom. The fraction of sp³-hybridized carbons (Fsp3) is 0.138. The second-order valence-electron chi connectivity index (χ2n) is 7.94. The summed E-state index contributed by atoms with van der Waals surface area (Å²) in [5.74, 6) is 0.484. The third-order valence-corrected chi connectivity index (χ3v) is 5.29. The van der Waals surface area contributed by atoms with Crippen LogP contribution in [0.3, 0.4) is 0 Å². The molecule has 6 heteroatoms. The molecule has 0 aliphatic carbocycles. The quantitative estimate of drug-likeness (QED) is 0.152. The molecule has 0 saturated heterocycles. The number of rotatable bonds is 9. The topological polar surface area (TPSA) is 77.0 Å². The molecule has 0 radical (unpaired) electrons. The molecule has 0 saturated carbocycles. The van der Waals surface area contributed by atoms with Crippen LogP contribution < -0.4 is 14.9 Å². The lowest BCUT2D eigenvalue weighted by atomic mass is 10.0. The lowest BCUT2D eigenvalue weighted by molar-refractivity contribution is -0.120. The Morgan fingerprint density at radius 2 is 1.57 bits per heavy atom. The van der Waals surface area contributed by atoms with E-state index in [2.05, 4.69) is 10.5 Å². The normalized spacial score (nSPS) is 10.9. The Labute approximate surface area is 204 Å². The molecule has 0 bridgehead atoms. The van der Waals surface area contributed by atoms with Crippen LogP contribution in [-0.4, -0.2) is 24.7 Å². The number of ether oxygens (including phenoxy) is 2. The van der Waals surface area contributed by atoms with Gasteiger partial charge in [-0.05, 0) is 76.9 Å². The molecule has 35 heavy (non-hydrogen) atoms. The zero-order valence-electron chi connectivity index (χ0n) is 19.4. The molecule has 0 spiro atoms. The Morgan fingerprint density at radius 1 is 0.857 bits per heavy atom. The van der Waals surface area contributed by atoms with E-state index in [1.165, 1.54) is 0 Å². The van der Waals surface area contributed by atoms with E-state index in [0.29, 0.717) is 17.9 Å². The first-order chi connectivity index (χ1) is 17.1. The van der Waals surface area contributed by atoms with Crippen molar-refractivity contribution in [2.45, 2.75) is 19.8 Å². The number of hydrogen-bond acceptors (Lipinski definition) is 5. The van der Waals surface area contributed by atoms with Crippen molar-refractivity contribution in [3.05, 3.63) is 108 Å². The minimum atomic E-state index is -0.450. The molecule has 176 valence electrons. The lowest BCUT2D eigenvalue weighted by Gasteiger charge is -2.07. The molecule has 0 heterocycles. The summed E-state index contributed by atoms with van der Waals surface area (Å²) in [6.45, 7) is 2.67. The number of nitrogens with zero attached hydrogens (tertiary/aromatic N) is 1. The van der Waals surface area contributed by atoms with E-state index in [9.17, 15) is 9.59 Å². The maximum atomic E-state index is 12.4. The van der Waals surface area contributed by atoms with Crippen LogP contribution in [-0.2, 0) is 11.2 Å². The second-order valence-corrected chi connectivity index (χ2v) is 7.94. The highest BCUT2D eigenvalue weighted by Crippen LogP contribution is 2.19. The van der Waals surface area contributed by atoms with Crippen molar-refractivity contribution in [2.75, 3.05) is 6.61 Å². The standard InChI is InChI=1S/C29H26N2O4/c1-2-18-34-25-16-12-23(13-17-25)29(33)35-26-14-10-21(11-15-26)20-30-31-28(32)19-24-8-5-7-22-6-3-4-9-27(22)24/h3-17,20H,2,18-19H2,1H3,(H,31,32)/b30-20+. The molecule has 0 aliphatic heterocycles. The third-order valence-electron chi connectivity index (χ3n) is 5.29. The van der Waals surface area contributed by atoms with Gasteiger partial charge in [-0.15, -0.1) is 0 Å². The molecule has 0 atom stereocenters. The Kier molecular flexibility index (Phi) is 7.86. The third kappa shape index (κ3) is 6.54. The van der Waals surface area contributed by atoms with Crippen molar-refractivity contribution >= 4 is 28.9 Å². The average molecular weight is 467 g/mol. The number of hydrazone groups is 1. The number of nitrogens with one attached hydrogen (secondary N) is 1. The van der Waals surface area contributed by atoms with Gasteiger partial charge >= 0.3 is 5.97 Å². The predicted molar refractivity (Wildman–Crippen MR) is 137 cm³/mol. The molecule has 0 unspecified atom stereocenters. The summed E-state index contributed by atoms with van der Waals surface area (Å²) in [4.78, 5) is 24.7. The number of hydrogen-bond donors (Lipinski definition) is 1. The van der Waals surface area contributed by atoms with Crippen molar-refractivity contribution in [1.29, 1.82) is 0 Å². The summed E-state index contributed by atoms with van der Waals surface area (Å²) < 4.78 is 11.0. The summed E-state index contributed by atoms with van der Waals surface area (Å²) >= 11 is 0. The molecule has 4 aromatic carbocycles. The largest absolute Gasteiger partial charge is 0.494 e. The van der Waals surface area contributed by atoms with Gasteiger partial charge in [-0.25, -0.2) is 10.2 Å². The van der Waals surface area contributed by atoms with Crippen LogP contribution in [0.1, 0.15) is 34.8 Å². The van der Waals surface area contributed by atoms with Gasteiger partial charge in [0.2, 0.25) is 5.91 Å². The van der Waals surface area contributed by atoms with E-state index < -0.39 is 5.97 Å². The summed E-state index contributed by atoms with van der Waals surface area (Å²) in [6, 6.07) is 27.6. The molecular weight excluding hydrogens is 440 g/mol. The van der Waals surface area contributed by atoms with Gasteiger partial charge in [-0.1, -0.05) is 49.4 Å². The number of fused-ring (bicyclic) bond motifs is 1. The van der Waals surface area contributed by atoms with Crippen LogP contribution in [0.15, 0.2) is 96.1 Å². The molecular formula is C29H26N2O4. The van der Waals surface area contributed by atoms with Crippen LogP contribution in [0.5, 0.6) is 11.5 Å². The average Bonchev–Trinajstić information content (AvgIpc) is 2.89. The van der Waals surface area contributed by atoms with Crippen LogP contribution >= 0.6 is 0 Å². The number of carbonyl (C=O) groups excluding carboxylic acids is 2. The van der Waals surface area contributed by atoms with E-state index in [1.54, 1.807) is 54.7 Å². The summed E-state index contributed by atoms with van der Waals surface area (Å²) in [6.07, 6.45) is 2.70. The highest BCUT2D eigenvalue weighted by Gasteiger charge is 2.09. The Balaban J connectivity index is 1.29. The molecule has 4 aromatic rings. The smallest absolute Gasteiger partial charge is 0.343 e. The molecule has 6 nitrogen and oxygen atoms in total. The fourth-order valence-corrected chi connectivity index (χ4v) is 3.53. The molecule has 0 fully saturated rings. The monoisotopic (exact) mass is 466 g/mol. The van der Waals surface area contributed by atoms with Crippen molar-refractivity contribution in [3.8, 4) is 11.5 Å². The molecule has 4 rings (SSSR count). The van der Waals surface area contributed by atoms with Crippen LogP contribution in [0.25, 0.3) is 10.8 Å². The summed E-state index contributed by atoms with van der Waals surface area (Å²) in [7, 11) is 0. The maximum absolute atomic E-state index is 12.4. The van der Waals surface area contributed by atoms with Gasteiger partial charge in [0.25, 0.3) is 0 Å². The minimum Gasteiger partial charge on any atom is -0.494 e. The van der Waals surface area contributed by atoms with E-state index in [0.717, 1.165) is 34.1 Å². The summed E-state index contributed by atoms with van der Waals surface area (Å²) in [5.41, 5.74) is 4.71. The zero-order chi connectivity index (χ0) is 24.5. The maximum Gasteiger partial charge on any atom is 0.343 e. The number of amides is 1. The number of carbonyl (C=O) groups is 2. The Hall–Kier alpha value is -4.45. The zero-order valence-corrected chi connectivity index (χ0v) is 19.4. The summed E-state index contributed by atoms with van der Waals surface area (Å²) in [5, 5.41) is 6.19. The van der Waals surface area contributed by atoms with Gasteiger partial charge in [0, 0.05) is 0 Å². The first-order valence-corrected chi connectivity index (χ1v) is 11.5. The Bertz CT molecular complexity index is 1320. The lowest BCUT2D eigenvalue weighted by Crippen LogP contribution is -2.19. The SMILES string of the molecule is CCCOc1ccc(C(=O)Oc2ccc(/C=N/NC(=O)Cc3cccc4ccccc34)cc2)cc1. The van der Waals surface area contributed by atoms with Gasteiger partial charge in [0.15, 0.2) is 0 Å². The van der Waals surface area contributed by atoms with E-state index in [4.69, 9.17) is 9.47 Å². The van der Waals surface area contributed by atoms with Crippen molar-refractivity contribution < 1.29 is 19.1 Å². The molecule has 1 N–H and O–H groups in total. The fourth-order valence-electron chi connectivity index (χ4n) is 3.53. The van der Waals surface area contributed by atoms with E-state index >= 15 is 0 Å². The first-order valence-electron chi connectivity index (χ1n) is 11.5. The van der Waals surface area contributed by atoms with E-state index in [1.807, 2.05) is 49.4 Å². The molecule has 0 aliphatic rings. The van der Waals surface area contributed by atoms with Crippen molar-refractivity contribution in [3.63, 3.8) is 0 Å². The number of benzene rings is 4. The van der Waals surface area contributed by atoms with Gasteiger partial charge in [-0.3, -0.25) is 4.79 Å². The van der Waals surface area contributed by atoms with Gasteiger partial charge < -0.3 is 9.47 Å². The number of esters is 1. The molecule has 1 amide bonds. The minimum absolute atomic E-state index is 0.200. The van der Waals surface area contributed by atoms with Gasteiger partial charge in [0.1, 0.15) is 11.5 Å². The highest BCUT2D eigenvalue weighted by molar-refractivity contribution is 5.92. The predicted octanol–water partition coefficient (Wildman–Crippen LogP) is 5.54. The highest BCUT2D eigenvalue weighted by atomic mass is 16.5. The first kappa shape index (κ1) is 23.7.